The Kier molecular flexibility index (Phi) is 5.87. The highest BCUT2D eigenvalue weighted by atomic mass is 32.2. The Bertz CT molecular complexity index is 659. The number of carbonyl (C=O) groups excluding carboxylic acids is 1. The average Bonchev–Trinajstić information content (AvgIpc) is 2.38. The maximum Gasteiger partial charge on any atom is 0.335 e. The number of nitrogens with zero attached hydrogens (tertiary/aromatic N) is 1. The molecule has 0 aliphatic rings. The van der Waals surface area contributed by atoms with Crippen LogP contribution in [0.4, 0.5) is 5.69 Å². The van der Waals surface area contributed by atoms with Gasteiger partial charge in [-0.2, -0.15) is 5.26 Å². The second kappa shape index (κ2) is 7.40. The van der Waals surface area contributed by atoms with Gasteiger partial charge in [-0.25, -0.2) is 13.2 Å². The zero-order chi connectivity index (χ0) is 15.9. The lowest BCUT2D eigenvalue weighted by Gasteiger charge is -2.06. The summed E-state index contributed by atoms with van der Waals surface area (Å²) in [4.78, 5) is 22.3. The number of anilines is 1. The van der Waals surface area contributed by atoms with Crippen LogP contribution in [0, 0.1) is 11.3 Å². The molecule has 21 heavy (non-hydrogen) atoms. The SMILES string of the molecule is N#CCCCS(=O)(=O)CC(=O)Nc1ccc(C(=O)O)cc1. The third-order valence-corrected chi connectivity index (χ3v) is 4.12. The lowest BCUT2D eigenvalue weighted by molar-refractivity contribution is -0.113. The maximum absolute atomic E-state index is 11.6. The Morgan fingerprint density at radius 2 is 1.86 bits per heavy atom. The molecule has 0 radical (unpaired) electrons. The Labute approximate surface area is 122 Å². The summed E-state index contributed by atoms with van der Waals surface area (Å²) in [5.74, 6) is -2.67. The van der Waals surface area contributed by atoms with E-state index >= 15 is 0 Å². The van der Waals surface area contributed by atoms with Crippen LogP contribution in [-0.4, -0.2) is 36.9 Å². The van der Waals surface area contributed by atoms with Crippen molar-refractivity contribution in [1.82, 2.24) is 0 Å². The van der Waals surface area contributed by atoms with E-state index in [0.29, 0.717) is 5.69 Å². The van der Waals surface area contributed by atoms with Gasteiger partial charge in [0.15, 0.2) is 9.84 Å². The van der Waals surface area contributed by atoms with Gasteiger partial charge in [-0.15, -0.1) is 0 Å². The molecule has 0 aliphatic carbocycles. The number of nitrogens with one attached hydrogen (secondary N) is 1. The Balaban J connectivity index is 2.57. The number of carboxylic acid groups (broad SMARTS) is 1. The van der Waals surface area contributed by atoms with Crippen LogP contribution < -0.4 is 5.32 Å². The van der Waals surface area contributed by atoms with Gasteiger partial charge in [0.05, 0.1) is 17.4 Å². The monoisotopic (exact) mass is 310 g/mol. The summed E-state index contributed by atoms with van der Waals surface area (Å²) >= 11 is 0. The number of carboxylic acids is 1. The average molecular weight is 310 g/mol. The van der Waals surface area contributed by atoms with Crippen molar-refractivity contribution in [2.24, 2.45) is 0 Å². The zero-order valence-electron chi connectivity index (χ0n) is 11.1. The third kappa shape index (κ3) is 6.05. The molecule has 0 unspecified atom stereocenters. The van der Waals surface area contributed by atoms with Gasteiger partial charge in [0, 0.05) is 12.1 Å². The fourth-order valence-electron chi connectivity index (χ4n) is 1.54. The predicted molar refractivity (Wildman–Crippen MR) is 75.5 cm³/mol. The van der Waals surface area contributed by atoms with Crippen LogP contribution in [0.25, 0.3) is 0 Å². The topological polar surface area (TPSA) is 124 Å². The first-order chi connectivity index (χ1) is 9.84. The van der Waals surface area contributed by atoms with E-state index in [1.807, 2.05) is 6.07 Å². The fourth-order valence-corrected chi connectivity index (χ4v) is 2.74. The van der Waals surface area contributed by atoms with E-state index in [4.69, 9.17) is 10.4 Å². The van der Waals surface area contributed by atoms with E-state index in [1.54, 1.807) is 0 Å². The minimum Gasteiger partial charge on any atom is -0.478 e. The van der Waals surface area contributed by atoms with Crippen molar-refractivity contribution in [1.29, 1.82) is 5.26 Å². The number of sulfone groups is 1. The number of carbonyl (C=O) groups is 2. The lowest BCUT2D eigenvalue weighted by Crippen LogP contribution is -2.24. The van der Waals surface area contributed by atoms with Gasteiger partial charge in [-0.3, -0.25) is 4.79 Å². The van der Waals surface area contributed by atoms with Crippen LogP contribution in [-0.2, 0) is 14.6 Å². The number of unbranched alkanes of at least 4 members (excludes halogenated alkanes) is 1. The molecule has 0 fully saturated rings. The molecule has 0 aromatic heterocycles. The summed E-state index contributed by atoms with van der Waals surface area (Å²) in [7, 11) is -3.55. The van der Waals surface area contributed by atoms with Gasteiger partial charge in [0.25, 0.3) is 0 Å². The molecule has 0 saturated heterocycles. The molecule has 112 valence electrons. The summed E-state index contributed by atoms with van der Waals surface area (Å²) in [6.45, 7) is 0. The van der Waals surface area contributed by atoms with Crippen molar-refractivity contribution in [2.75, 3.05) is 16.8 Å². The number of aromatic carboxylic acids is 1. The van der Waals surface area contributed by atoms with Crippen LogP contribution >= 0.6 is 0 Å². The van der Waals surface area contributed by atoms with Gasteiger partial charge in [-0.05, 0) is 30.7 Å². The first-order valence-corrected chi connectivity index (χ1v) is 7.87. The normalized spacial score (nSPS) is 10.6. The summed E-state index contributed by atoms with van der Waals surface area (Å²) < 4.78 is 23.2. The summed E-state index contributed by atoms with van der Waals surface area (Å²) in [6.07, 6.45) is 0.316. The van der Waals surface area contributed by atoms with E-state index in [2.05, 4.69) is 5.32 Å². The molecule has 0 spiro atoms. The van der Waals surface area contributed by atoms with E-state index in [0.717, 1.165) is 0 Å². The number of nitriles is 1. The number of rotatable bonds is 7. The molecule has 1 rings (SSSR count). The van der Waals surface area contributed by atoms with E-state index in [9.17, 15) is 18.0 Å². The Hall–Kier alpha value is -2.40. The van der Waals surface area contributed by atoms with Crippen LogP contribution in [0.5, 0.6) is 0 Å². The van der Waals surface area contributed by atoms with Gasteiger partial charge in [0.1, 0.15) is 5.75 Å². The minimum absolute atomic E-state index is 0.0668. The second-order valence-corrected chi connectivity index (χ2v) is 6.47. The van der Waals surface area contributed by atoms with Gasteiger partial charge in [-0.1, -0.05) is 0 Å². The van der Waals surface area contributed by atoms with E-state index in [1.165, 1.54) is 24.3 Å². The summed E-state index contributed by atoms with van der Waals surface area (Å²) in [5, 5.41) is 19.4. The first kappa shape index (κ1) is 16.7. The molecular weight excluding hydrogens is 296 g/mol. The second-order valence-electron chi connectivity index (χ2n) is 4.28. The molecule has 0 atom stereocenters. The molecule has 0 heterocycles. The maximum atomic E-state index is 11.6. The number of hydrogen-bond donors (Lipinski definition) is 2. The molecule has 8 heteroatoms. The van der Waals surface area contributed by atoms with Gasteiger partial charge in [0.2, 0.25) is 5.91 Å². The molecule has 7 nitrogen and oxygen atoms in total. The van der Waals surface area contributed by atoms with Gasteiger partial charge >= 0.3 is 5.97 Å². The van der Waals surface area contributed by atoms with Crippen molar-refractivity contribution in [3.05, 3.63) is 29.8 Å². The molecule has 0 aliphatic heterocycles. The first-order valence-electron chi connectivity index (χ1n) is 6.04. The molecule has 0 bridgehead atoms. The van der Waals surface area contributed by atoms with Crippen LogP contribution in [0.15, 0.2) is 24.3 Å². The highest BCUT2D eigenvalue weighted by Gasteiger charge is 2.16. The van der Waals surface area contributed by atoms with Crippen LogP contribution in [0.1, 0.15) is 23.2 Å². The molecule has 1 aromatic rings. The molecule has 1 amide bonds. The highest BCUT2D eigenvalue weighted by molar-refractivity contribution is 7.92. The van der Waals surface area contributed by atoms with Gasteiger partial charge < -0.3 is 10.4 Å². The Morgan fingerprint density at radius 1 is 1.24 bits per heavy atom. The number of amides is 1. The predicted octanol–water partition coefficient (Wildman–Crippen LogP) is 1.04. The molecule has 0 saturated carbocycles. The van der Waals surface area contributed by atoms with Crippen molar-refractivity contribution in [3.63, 3.8) is 0 Å². The smallest absolute Gasteiger partial charge is 0.335 e. The summed E-state index contributed by atoms with van der Waals surface area (Å²) in [6, 6.07) is 7.20. The van der Waals surface area contributed by atoms with E-state index in [-0.39, 0.29) is 24.2 Å². The van der Waals surface area contributed by atoms with Crippen molar-refractivity contribution < 1.29 is 23.1 Å². The molecular formula is C13H14N2O5S. The standard InChI is InChI=1S/C13H14N2O5S/c14-7-1-2-8-21(19,20)9-12(16)15-11-5-3-10(4-6-11)13(17)18/h3-6H,1-2,8-9H2,(H,15,16)(H,17,18). The number of hydrogen-bond acceptors (Lipinski definition) is 5. The zero-order valence-corrected chi connectivity index (χ0v) is 11.9. The molecule has 1 aromatic carbocycles. The quantitative estimate of drug-likeness (QED) is 0.725. The fraction of sp³-hybridized carbons (Fsp3) is 0.308. The number of benzene rings is 1. The van der Waals surface area contributed by atoms with Crippen LogP contribution in [0.3, 0.4) is 0 Å². The van der Waals surface area contributed by atoms with Crippen LogP contribution in [0.2, 0.25) is 0 Å². The van der Waals surface area contributed by atoms with Crippen molar-refractivity contribution >= 4 is 27.4 Å². The van der Waals surface area contributed by atoms with Crippen molar-refractivity contribution in [2.45, 2.75) is 12.8 Å². The minimum atomic E-state index is -3.55. The largest absolute Gasteiger partial charge is 0.478 e. The summed E-state index contributed by atoms with van der Waals surface area (Å²) in [5.41, 5.74) is 0.384. The van der Waals surface area contributed by atoms with Crippen molar-refractivity contribution in [3.8, 4) is 6.07 Å². The lowest BCUT2D eigenvalue weighted by atomic mass is 10.2. The van der Waals surface area contributed by atoms with E-state index < -0.39 is 27.5 Å². The third-order valence-electron chi connectivity index (χ3n) is 2.51. The molecule has 2 N–H and O–H groups in total. The highest BCUT2D eigenvalue weighted by Crippen LogP contribution is 2.10. The Morgan fingerprint density at radius 3 is 2.38 bits per heavy atom.